The summed E-state index contributed by atoms with van der Waals surface area (Å²) in [5, 5.41) is 0. The van der Waals surface area contributed by atoms with Crippen LogP contribution in [0.2, 0.25) is 0 Å². The van der Waals surface area contributed by atoms with Crippen LogP contribution in [0.5, 0.6) is 0 Å². The molecule has 4 nitrogen and oxygen atoms in total. The summed E-state index contributed by atoms with van der Waals surface area (Å²) >= 11 is 0. The molecule has 0 saturated carbocycles. The van der Waals surface area contributed by atoms with Crippen LogP contribution >= 0.6 is 0 Å². The largest absolute Gasteiger partial charge is 0.329 e. The normalized spacial score (nSPS) is 27.6. The molecule has 2 heterocycles. The summed E-state index contributed by atoms with van der Waals surface area (Å²) < 4.78 is 0. The van der Waals surface area contributed by atoms with Crippen LogP contribution in [0, 0.1) is 0 Å². The molecule has 1 aromatic rings. The van der Waals surface area contributed by atoms with Crippen LogP contribution in [0.4, 0.5) is 0 Å². The molecule has 0 N–H and O–H groups in total. The van der Waals surface area contributed by atoms with E-state index in [2.05, 4.69) is 0 Å². The van der Waals surface area contributed by atoms with E-state index in [9.17, 15) is 9.59 Å². The Hall–Kier alpha value is -1.84. The van der Waals surface area contributed by atoms with Gasteiger partial charge in [-0.1, -0.05) is 30.3 Å². The Labute approximate surface area is 106 Å². The zero-order chi connectivity index (χ0) is 12.7. The second-order valence-corrected chi connectivity index (χ2v) is 4.95. The first kappa shape index (κ1) is 11.3. The first-order valence-corrected chi connectivity index (χ1v) is 6.32. The number of carbonyl (C=O) groups excluding carboxylic acids is 2. The van der Waals surface area contributed by atoms with Crippen LogP contribution in [0.3, 0.4) is 0 Å². The minimum atomic E-state index is -0.451. The predicted octanol–water partition coefficient (Wildman–Crippen LogP) is 1.19. The molecule has 18 heavy (non-hydrogen) atoms. The molecule has 2 amide bonds. The highest BCUT2D eigenvalue weighted by atomic mass is 16.2. The van der Waals surface area contributed by atoms with Crippen LogP contribution in [0.15, 0.2) is 30.3 Å². The summed E-state index contributed by atoms with van der Waals surface area (Å²) in [4.78, 5) is 28.1. The van der Waals surface area contributed by atoms with Crippen molar-refractivity contribution in [2.45, 2.75) is 24.9 Å². The van der Waals surface area contributed by atoms with Crippen LogP contribution in [0.1, 0.15) is 24.4 Å². The Bertz CT molecular complexity index is 486. The van der Waals surface area contributed by atoms with Gasteiger partial charge in [0, 0.05) is 13.6 Å². The van der Waals surface area contributed by atoms with E-state index in [1.165, 1.54) is 0 Å². The van der Waals surface area contributed by atoms with Crippen molar-refractivity contribution in [1.29, 1.82) is 0 Å². The second-order valence-electron chi connectivity index (χ2n) is 4.95. The summed E-state index contributed by atoms with van der Waals surface area (Å²) in [7, 11) is 1.73. The van der Waals surface area contributed by atoms with Gasteiger partial charge in [-0.25, -0.2) is 0 Å². The molecule has 2 aliphatic heterocycles. The first-order valence-electron chi connectivity index (χ1n) is 6.32. The van der Waals surface area contributed by atoms with E-state index in [1.807, 2.05) is 30.3 Å². The highest BCUT2D eigenvalue weighted by Gasteiger charge is 2.46. The number of fused-ring (bicyclic) bond motifs is 1. The zero-order valence-electron chi connectivity index (χ0n) is 10.4. The lowest BCUT2D eigenvalue weighted by Gasteiger charge is -2.40. The zero-order valence-corrected chi connectivity index (χ0v) is 10.4. The molecule has 1 aromatic carbocycles. The molecular formula is C14H16N2O2. The Balaban J connectivity index is 1.99. The maximum absolute atomic E-state index is 12.5. The highest BCUT2D eigenvalue weighted by molar-refractivity contribution is 5.97. The number of hydrogen-bond acceptors (Lipinski definition) is 2. The summed E-state index contributed by atoms with van der Waals surface area (Å²) in [6, 6.07) is 8.85. The molecule has 4 heteroatoms. The lowest BCUT2D eigenvalue weighted by molar-refractivity contribution is -0.158. The lowest BCUT2D eigenvalue weighted by atomic mass is 9.99. The van der Waals surface area contributed by atoms with Crippen molar-refractivity contribution in [3.63, 3.8) is 0 Å². The summed E-state index contributed by atoms with van der Waals surface area (Å²) in [5.41, 5.74) is 0.892. The number of amides is 2. The van der Waals surface area contributed by atoms with Crippen LogP contribution in [-0.2, 0) is 9.59 Å². The van der Waals surface area contributed by atoms with E-state index in [0.29, 0.717) is 6.54 Å². The molecule has 0 aliphatic carbocycles. The minimum absolute atomic E-state index is 0.0609. The van der Waals surface area contributed by atoms with Gasteiger partial charge in [-0.05, 0) is 18.4 Å². The van der Waals surface area contributed by atoms with Gasteiger partial charge in [0.15, 0.2) is 0 Å². The van der Waals surface area contributed by atoms with Gasteiger partial charge in [-0.3, -0.25) is 9.59 Å². The van der Waals surface area contributed by atoms with Crippen molar-refractivity contribution in [3.05, 3.63) is 35.9 Å². The molecule has 94 valence electrons. The summed E-state index contributed by atoms with van der Waals surface area (Å²) in [5.74, 6) is 0.131. The van der Waals surface area contributed by atoms with E-state index >= 15 is 0 Å². The molecule has 2 aliphatic rings. The van der Waals surface area contributed by atoms with Crippen molar-refractivity contribution in [3.8, 4) is 0 Å². The summed E-state index contributed by atoms with van der Waals surface area (Å²) in [6.45, 7) is 0.715. The number of benzene rings is 1. The van der Waals surface area contributed by atoms with E-state index in [-0.39, 0.29) is 17.9 Å². The molecule has 0 bridgehead atoms. The Morgan fingerprint density at radius 3 is 2.56 bits per heavy atom. The number of piperazine rings is 1. The molecule has 0 spiro atoms. The van der Waals surface area contributed by atoms with Gasteiger partial charge in [0.05, 0.1) is 0 Å². The van der Waals surface area contributed by atoms with Crippen LogP contribution in [-0.4, -0.2) is 41.2 Å². The van der Waals surface area contributed by atoms with E-state index < -0.39 is 6.04 Å². The van der Waals surface area contributed by atoms with E-state index in [4.69, 9.17) is 0 Å². The number of rotatable bonds is 1. The number of likely N-dealkylation sites (N-methyl/N-ethyl adjacent to an activating group) is 1. The Morgan fingerprint density at radius 1 is 1.11 bits per heavy atom. The molecule has 2 atom stereocenters. The minimum Gasteiger partial charge on any atom is -0.329 e. The fourth-order valence-electron chi connectivity index (χ4n) is 2.97. The van der Waals surface area contributed by atoms with Crippen molar-refractivity contribution in [1.82, 2.24) is 9.80 Å². The van der Waals surface area contributed by atoms with E-state index in [1.54, 1.807) is 16.8 Å². The van der Waals surface area contributed by atoms with E-state index in [0.717, 1.165) is 18.4 Å². The SMILES string of the molecule is CN1C(=O)C2CCCN2C(=O)C1c1ccccc1. The first-order chi connectivity index (χ1) is 8.70. The molecule has 0 radical (unpaired) electrons. The third-order valence-corrected chi connectivity index (χ3v) is 3.91. The molecule has 2 fully saturated rings. The number of hydrogen-bond donors (Lipinski definition) is 0. The smallest absolute Gasteiger partial charge is 0.250 e. The molecule has 0 aromatic heterocycles. The lowest BCUT2D eigenvalue weighted by Crippen LogP contribution is -2.57. The van der Waals surface area contributed by atoms with Crippen molar-refractivity contribution >= 4 is 11.8 Å². The Morgan fingerprint density at radius 2 is 1.83 bits per heavy atom. The number of nitrogens with zero attached hydrogens (tertiary/aromatic N) is 2. The highest BCUT2D eigenvalue weighted by Crippen LogP contribution is 2.33. The van der Waals surface area contributed by atoms with Crippen molar-refractivity contribution in [2.75, 3.05) is 13.6 Å². The average Bonchev–Trinajstić information content (AvgIpc) is 2.87. The van der Waals surface area contributed by atoms with Gasteiger partial charge in [-0.15, -0.1) is 0 Å². The standard InChI is InChI=1S/C14H16N2O2/c1-15-12(10-6-3-2-4-7-10)14(18)16-9-5-8-11(16)13(15)17/h2-4,6-7,11-12H,5,8-9H2,1H3. The average molecular weight is 244 g/mol. The third kappa shape index (κ3) is 1.52. The monoisotopic (exact) mass is 244 g/mol. The fourth-order valence-corrected chi connectivity index (χ4v) is 2.97. The maximum atomic E-state index is 12.5. The maximum Gasteiger partial charge on any atom is 0.250 e. The topological polar surface area (TPSA) is 40.6 Å². The van der Waals surface area contributed by atoms with Gasteiger partial charge >= 0.3 is 0 Å². The van der Waals surface area contributed by atoms with Gasteiger partial charge in [0.25, 0.3) is 5.91 Å². The second kappa shape index (κ2) is 4.12. The van der Waals surface area contributed by atoms with Crippen molar-refractivity contribution in [2.24, 2.45) is 0 Å². The molecule has 2 saturated heterocycles. The third-order valence-electron chi connectivity index (χ3n) is 3.91. The Kier molecular flexibility index (Phi) is 2.58. The van der Waals surface area contributed by atoms with Crippen LogP contribution < -0.4 is 0 Å². The molecule has 2 unspecified atom stereocenters. The van der Waals surface area contributed by atoms with Gasteiger partial charge < -0.3 is 9.80 Å². The number of carbonyl (C=O) groups is 2. The van der Waals surface area contributed by atoms with Gasteiger partial charge in [-0.2, -0.15) is 0 Å². The van der Waals surface area contributed by atoms with Crippen LogP contribution in [0.25, 0.3) is 0 Å². The summed E-state index contributed by atoms with van der Waals surface area (Å²) in [6.07, 6.45) is 1.73. The molecular weight excluding hydrogens is 228 g/mol. The fraction of sp³-hybridized carbons (Fsp3) is 0.429. The van der Waals surface area contributed by atoms with Gasteiger partial charge in [0.1, 0.15) is 12.1 Å². The quantitative estimate of drug-likeness (QED) is 0.744. The molecule has 3 rings (SSSR count). The van der Waals surface area contributed by atoms with Crippen molar-refractivity contribution < 1.29 is 9.59 Å². The predicted molar refractivity (Wildman–Crippen MR) is 66.7 cm³/mol. The van der Waals surface area contributed by atoms with Gasteiger partial charge in [0.2, 0.25) is 5.91 Å².